The highest BCUT2D eigenvalue weighted by Crippen LogP contribution is 2.25. The van der Waals surface area contributed by atoms with Crippen LogP contribution in [0.15, 0.2) is 42.5 Å². The molecular formula is C14H11FO3. The average molecular weight is 246 g/mol. The average Bonchev–Trinajstić information content (AvgIpc) is 2.38. The van der Waals surface area contributed by atoms with Crippen molar-refractivity contribution in [3.05, 3.63) is 59.4 Å². The number of carboxylic acid groups (broad SMARTS) is 1. The van der Waals surface area contributed by atoms with Crippen LogP contribution in [-0.2, 0) is 6.61 Å². The van der Waals surface area contributed by atoms with Gasteiger partial charge >= 0.3 is 5.97 Å². The zero-order valence-corrected chi connectivity index (χ0v) is 9.43. The molecule has 0 atom stereocenters. The molecule has 0 aromatic heterocycles. The Morgan fingerprint density at radius 2 is 1.89 bits per heavy atom. The lowest BCUT2D eigenvalue weighted by atomic mass is 9.98. The van der Waals surface area contributed by atoms with Gasteiger partial charge in [-0.3, -0.25) is 0 Å². The molecule has 92 valence electrons. The number of aliphatic hydroxyl groups is 1. The second kappa shape index (κ2) is 4.98. The molecule has 0 spiro atoms. The molecule has 3 nitrogen and oxygen atoms in total. The van der Waals surface area contributed by atoms with Crippen molar-refractivity contribution in [2.24, 2.45) is 0 Å². The maximum atomic E-state index is 13.4. The van der Waals surface area contributed by atoms with Crippen molar-refractivity contribution in [2.75, 3.05) is 0 Å². The SMILES string of the molecule is O=C(O)c1cc(F)cc(-c2ccccc2CO)c1. The Bertz CT molecular complexity index is 593. The molecular weight excluding hydrogens is 235 g/mol. The molecule has 2 aromatic rings. The van der Waals surface area contributed by atoms with Gasteiger partial charge in [0.1, 0.15) is 5.82 Å². The van der Waals surface area contributed by atoms with Crippen molar-refractivity contribution in [3.8, 4) is 11.1 Å². The van der Waals surface area contributed by atoms with E-state index in [9.17, 15) is 14.3 Å². The lowest BCUT2D eigenvalue weighted by Crippen LogP contribution is -1.98. The number of benzene rings is 2. The van der Waals surface area contributed by atoms with E-state index in [0.29, 0.717) is 16.7 Å². The number of halogens is 1. The Kier molecular flexibility index (Phi) is 3.39. The van der Waals surface area contributed by atoms with Crippen molar-refractivity contribution in [1.29, 1.82) is 0 Å². The number of hydrogen-bond acceptors (Lipinski definition) is 2. The number of hydrogen-bond donors (Lipinski definition) is 2. The van der Waals surface area contributed by atoms with Crippen molar-refractivity contribution >= 4 is 5.97 Å². The van der Waals surface area contributed by atoms with E-state index in [-0.39, 0.29) is 12.2 Å². The molecule has 4 heteroatoms. The topological polar surface area (TPSA) is 57.5 Å². The van der Waals surface area contributed by atoms with E-state index >= 15 is 0 Å². The normalized spacial score (nSPS) is 10.3. The summed E-state index contributed by atoms with van der Waals surface area (Å²) in [6, 6.07) is 10.5. The molecule has 0 heterocycles. The fraction of sp³-hybridized carbons (Fsp3) is 0.0714. The van der Waals surface area contributed by atoms with Gasteiger partial charge < -0.3 is 10.2 Å². The second-order valence-electron chi connectivity index (χ2n) is 3.85. The number of carboxylic acids is 1. The van der Waals surface area contributed by atoms with Gasteiger partial charge in [-0.25, -0.2) is 9.18 Å². The van der Waals surface area contributed by atoms with E-state index in [1.54, 1.807) is 24.3 Å². The van der Waals surface area contributed by atoms with Crippen LogP contribution in [0.5, 0.6) is 0 Å². The summed E-state index contributed by atoms with van der Waals surface area (Å²) >= 11 is 0. The molecule has 0 aliphatic heterocycles. The van der Waals surface area contributed by atoms with Crippen molar-refractivity contribution < 1.29 is 19.4 Å². The van der Waals surface area contributed by atoms with Gasteiger partial charge in [-0.1, -0.05) is 24.3 Å². The molecule has 2 aromatic carbocycles. The predicted molar refractivity (Wildman–Crippen MR) is 64.7 cm³/mol. The Labute approximate surface area is 103 Å². The van der Waals surface area contributed by atoms with Gasteiger partial charge in [0.25, 0.3) is 0 Å². The Morgan fingerprint density at radius 3 is 2.56 bits per heavy atom. The van der Waals surface area contributed by atoms with Gasteiger partial charge in [-0.15, -0.1) is 0 Å². The zero-order valence-electron chi connectivity index (χ0n) is 9.43. The number of rotatable bonds is 3. The van der Waals surface area contributed by atoms with Gasteiger partial charge in [0.05, 0.1) is 12.2 Å². The molecule has 18 heavy (non-hydrogen) atoms. The van der Waals surface area contributed by atoms with E-state index < -0.39 is 11.8 Å². The molecule has 2 N–H and O–H groups in total. The van der Waals surface area contributed by atoms with Gasteiger partial charge in [-0.2, -0.15) is 0 Å². The summed E-state index contributed by atoms with van der Waals surface area (Å²) in [7, 11) is 0. The van der Waals surface area contributed by atoms with Gasteiger partial charge in [0, 0.05) is 0 Å². The van der Waals surface area contributed by atoms with Crippen LogP contribution in [-0.4, -0.2) is 16.2 Å². The molecule has 0 unspecified atom stereocenters. The van der Waals surface area contributed by atoms with Crippen molar-refractivity contribution in [2.45, 2.75) is 6.61 Å². The standard InChI is InChI=1S/C14H11FO3/c15-12-6-10(5-11(7-12)14(17)18)13-4-2-1-3-9(13)8-16/h1-7,16H,8H2,(H,17,18). The second-order valence-corrected chi connectivity index (χ2v) is 3.85. The first kappa shape index (κ1) is 12.3. The van der Waals surface area contributed by atoms with Crippen LogP contribution in [0.4, 0.5) is 4.39 Å². The van der Waals surface area contributed by atoms with E-state index in [4.69, 9.17) is 5.11 Å². The molecule has 0 fully saturated rings. The maximum absolute atomic E-state index is 13.4. The summed E-state index contributed by atoms with van der Waals surface area (Å²) in [5.74, 6) is -1.80. The quantitative estimate of drug-likeness (QED) is 0.875. The molecule has 0 aliphatic carbocycles. The molecule has 0 amide bonds. The van der Waals surface area contributed by atoms with E-state index in [2.05, 4.69) is 0 Å². The highest BCUT2D eigenvalue weighted by Gasteiger charge is 2.10. The minimum atomic E-state index is -1.18. The van der Waals surface area contributed by atoms with Crippen molar-refractivity contribution in [3.63, 3.8) is 0 Å². The molecule has 0 radical (unpaired) electrons. The summed E-state index contributed by atoms with van der Waals surface area (Å²) < 4.78 is 13.4. The number of aromatic carboxylic acids is 1. The van der Waals surface area contributed by atoms with E-state index in [1.165, 1.54) is 12.1 Å². The highest BCUT2D eigenvalue weighted by atomic mass is 19.1. The third-order valence-corrected chi connectivity index (χ3v) is 2.64. The van der Waals surface area contributed by atoms with Crippen LogP contribution in [0.1, 0.15) is 15.9 Å². The summed E-state index contributed by atoms with van der Waals surface area (Å²) in [4.78, 5) is 10.9. The van der Waals surface area contributed by atoms with Crippen LogP contribution < -0.4 is 0 Å². The van der Waals surface area contributed by atoms with Gasteiger partial charge in [0.15, 0.2) is 0 Å². The summed E-state index contributed by atoms with van der Waals surface area (Å²) in [6.07, 6.45) is 0. The first-order valence-corrected chi connectivity index (χ1v) is 5.35. The molecule has 0 bridgehead atoms. The third-order valence-electron chi connectivity index (χ3n) is 2.64. The Balaban J connectivity index is 2.60. The first-order chi connectivity index (χ1) is 8.61. The fourth-order valence-corrected chi connectivity index (χ4v) is 1.81. The van der Waals surface area contributed by atoms with Crippen LogP contribution in [0.3, 0.4) is 0 Å². The summed E-state index contributed by atoms with van der Waals surface area (Å²) in [5, 5.41) is 18.1. The van der Waals surface area contributed by atoms with Crippen LogP contribution >= 0.6 is 0 Å². The zero-order chi connectivity index (χ0) is 13.1. The first-order valence-electron chi connectivity index (χ1n) is 5.35. The minimum Gasteiger partial charge on any atom is -0.478 e. The van der Waals surface area contributed by atoms with E-state index in [1.807, 2.05) is 0 Å². The Morgan fingerprint density at radius 1 is 1.17 bits per heavy atom. The minimum absolute atomic E-state index is 0.113. The molecule has 2 rings (SSSR count). The molecule has 0 saturated heterocycles. The number of aliphatic hydroxyl groups excluding tert-OH is 1. The Hall–Kier alpha value is -2.20. The number of carbonyl (C=O) groups is 1. The lowest BCUT2D eigenvalue weighted by molar-refractivity contribution is 0.0696. The van der Waals surface area contributed by atoms with Crippen molar-refractivity contribution in [1.82, 2.24) is 0 Å². The molecule has 0 saturated carbocycles. The largest absolute Gasteiger partial charge is 0.478 e. The molecule has 0 aliphatic rings. The van der Waals surface area contributed by atoms with E-state index in [0.717, 1.165) is 6.07 Å². The fourth-order valence-electron chi connectivity index (χ4n) is 1.81. The lowest BCUT2D eigenvalue weighted by Gasteiger charge is -2.08. The van der Waals surface area contributed by atoms with Crippen LogP contribution in [0.25, 0.3) is 11.1 Å². The third kappa shape index (κ3) is 2.38. The van der Waals surface area contributed by atoms with Gasteiger partial charge in [-0.05, 0) is 34.9 Å². The monoisotopic (exact) mass is 246 g/mol. The van der Waals surface area contributed by atoms with Crippen LogP contribution in [0.2, 0.25) is 0 Å². The van der Waals surface area contributed by atoms with Crippen LogP contribution in [0, 0.1) is 5.82 Å². The predicted octanol–water partition coefficient (Wildman–Crippen LogP) is 2.68. The smallest absolute Gasteiger partial charge is 0.335 e. The summed E-state index contributed by atoms with van der Waals surface area (Å²) in [6.45, 7) is -0.185. The highest BCUT2D eigenvalue weighted by molar-refractivity contribution is 5.89. The maximum Gasteiger partial charge on any atom is 0.335 e. The van der Waals surface area contributed by atoms with Gasteiger partial charge in [0.2, 0.25) is 0 Å². The summed E-state index contributed by atoms with van der Waals surface area (Å²) in [5.41, 5.74) is 1.58.